The number of aliphatic imine (C=N–C) groups is 1. The summed E-state index contributed by atoms with van der Waals surface area (Å²) in [7, 11) is 0. The number of fused-ring (bicyclic) bond motifs is 1. The normalized spacial score (nSPS) is 19.4. The van der Waals surface area contributed by atoms with E-state index in [0.29, 0.717) is 20.8 Å². The van der Waals surface area contributed by atoms with Gasteiger partial charge in [0.2, 0.25) is 0 Å². The molecule has 0 unspecified atom stereocenters. The molecule has 1 saturated heterocycles. The first-order valence-corrected chi connectivity index (χ1v) is 10.5. The van der Waals surface area contributed by atoms with Crippen LogP contribution in [0.5, 0.6) is 5.75 Å². The summed E-state index contributed by atoms with van der Waals surface area (Å²) < 4.78 is 5.68. The average molecular weight is 413 g/mol. The van der Waals surface area contributed by atoms with Crippen LogP contribution in [0.25, 0.3) is 6.08 Å². The van der Waals surface area contributed by atoms with Gasteiger partial charge >= 0.3 is 0 Å². The summed E-state index contributed by atoms with van der Waals surface area (Å²) in [6.07, 6.45) is 3.94. The van der Waals surface area contributed by atoms with E-state index in [2.05, 4.69) is 11.1 Å². The van der Waals surface area contributed by atoms with Gasteiger partial charge in [-0.1, -0.05) is 29.8 Å². The number of carbonyl (C=O) groups excluding carboxylic acids is 1. The SMILES string of the molecule is CC(C)N=C1S/C(=C\c2ccc3c(c2)CCCO3)C(=O)N1c1ccccc1Cl. The van der Waals surface area contributed by atoms with Crippen molar-refractivity contribution >= 4 is 46.2 Å². The molecule has 2 aromatic rings. The number of benzene rings is 2. The molecule has 2 aromatic carbocycles. The molecule has 0 bridgehead atoms. The van der Waals surface area contributed by atoms with E-state index in [1.54, 1.807) is 11.0 Å². The van der Waals surface area contributed by atoms with Crippen molar-refractivity contribution in [1.29, 1.82) is 0 Å². The number of amidine groups is 1. The van der Waals surface area contributed by atoms with Crippen LogP contribution in [0.15, 0.2) is 52.4 Å². The van der Waals surface area contributed by atoms with Crippen molar-refractivity contribution in [3.8, 4) is 5.75 Å². The number of thioether (sulfide) groups is 1. The molecular weight excluding hydrogens is 392 g/mol. The molecule has 0 atom stereocenters. The molecule has 2 heterocycles. The predicted molar refractivity (Wildman–Crippen MR) is 117 cm³/mol. The Hall–Kier alpha value is -2.24. The number of rotatable bonds is 3. The topological polar surface area (TPSA) is 41.9 Å². The highest BCUT2D eigenvalue weighted by Crippen LogP contribution is 2.39. The van der Waals surface area contributed by atoms with Crippen LogP contribution in [0.4, 0.5) is 5.69 Å². The first-order valence-electron chi connectivity index (χ1n) is 9.35. The Labute approximate surface area is 174 Å². The molecule has 1 amide bonds. The van der Waals surface area contributed by atoms with Crippen LogP contribution >= 0.6 is 23.4 Å². The van der Waals surface area contributed by atoms with E-state index in [9.17, 15) is 4.79 Å². The third-order valence-corrected chi connectivity index (χ3v) is 5.80. The molecule has 0 N–H and O–H groups in total. The maximum Gasteiger partial charge on any atom is 0.271 e. The van der Waals surface area contributed by atoms with Crippen molar-refractivity contribution < 1.29 is 9.53 Å². The highest BCUT2D eigenvalue weighted by Gasteiger charge is 2.35. The molecule has 0 saturated carbocycles. The van der Waals surface area contributed by atoms with Gasteiger partial charge in [-0.05, 0) is 79.9 Å². The monoisotopic (exact) mass is 412 g/mol. The number of nitrogens with zero attached hydrogens (tertiary/aromatic N) is 2. The number of hydrogen-bond acceptors (Lipinski definition) is 4. The van der Waals surface area contributed by atoms with Gasteiger partial charge in [0.05, 0.1) is 22.2 Å². The lowest BCUT2D eigenvalue weighted by Crippen LogP contribution is -2.29. The lowest BCUT2D eigenvalue weighted by molar-refractivity contribution is -0.113. The summed E-state index contributed by atoms with van der Waals surface area (Å²) in [6.45, 7) is 4.76. The summed E-state index contributed by atoms with van der Waals surface area (Å²) in [5.74, 6) is 0.838. The smallest absolute Gasteiger partial charge is 0.271 e. The standard InChI is InChI=1S/C22H21ClN2O2S/c1-14(2)24-22-25(18-8-4-3-7-17(18)23)21(26)20(28-22)13-15-9-10-19-16(12-15)6-5-11-27-19/h3-4,7-10,12-14H,5-6,11H2,1-2H3/b20-13-,24-22?. The van der Waals surface area contributed by atoms with Crippen LogP contribution in [0, 0.1) is 0 Å². The van der Waals surface area contributed by atoms with E-state index in [0.717, 1.165) is 30.8 Å². The van der Waals surface area contributed by atoms with Gasteiger partial charge in [-0.15, -0.1) is 0 Å². The summed E-state index contributed by atoms with van der Waals surface area (Å²) in [5, 5.41) is 1.18. The zero-order valence-electron chi connectivity index (χ0n) is 15.8. The number of halogens is 1. The minimum Gasteiger partial charge on any atom is -0.493 e. The first kappa shape index (κ1) is 19.1. The molecule has 0 radical (unpaired) electrons. The molecule has 2 aliphatic heterocycles. The van der Waals surface area contributed by atoms with Gasteiger partial charge in [0, 0.05) is 6.04 Å². The quantitative estimate of drug-likeness (QED) is 0.620. The molecule has 1 fully saturated rings. The van der Waals surface area contributed by atoms with Crippen molar-refractivity contribution in [3.63, 3.8) is 0 Å². The Kier molecular flexibility index (Phi) is 5.47. The Morgan fingerprint density at radius 3 is 2.86 bits per heavy atom. The summed E-state index contributed by atoms with van der Waals surface area (Å²) in [5.41, 5.74) is 2.84. The lowest BCUT2D eigenvalue weighted by atomic mass is 10.0. The maximum absolute atomic E-state index is 13.2. The third-order valence-electron chi connectivity index (χ3n) is 4.50. The Balaban J connectivity index is 1.72. The van der Waals surface area contributed by atoms with E-state index in [-0.39, 0.29) is 11.9 Å². The van der Waals surface area contributed by atoms with Crippen molar-refractivity contribution in [2.24, 2.45) is 4.99 Å². The van der Waals surface area contributed by atoms with Crippen molar-refractivity contribution in [3.05, 3.63) is 63.5 Å². The lowest BCUT2D eigenvalue weighted by Gasteiger charge is -2.18. The van der Waals surface area contributed by atoms with E-state index in [1.807, 2.05) is 50.3 Å². The number of ether oxygens (including phenoxy) is 1. The molecule has 4 nitrogen and oxygen atoms in total. The molecule has 0 aliphatic carbocycles. The van der Waals surface area contributed by atoms with E-state index < -0.39 is 0 Å². The van der Waals surface area contributed by atoms with Gasteiger partial charge in [0.15, 0.2) is 5.17 Å². The van der Waals surface area contributed by atoms with Crippen LogP contribution in [0.1, 0.15) is 31.4 Å². The number of carbonyl (C=O) groups is 1. The number of amides is 1. The molecule has 4 rings (SSSR count). The van der Waals surface area contributed by atoms with Crippen molar-refractivity contribution in [1.82, 2.24) is 0 Å². The van der Waals surface area contributed by atoms with Gasteiger partial charge in [-0.3, -0.25) is 14.7 Å². The van der Waals surface area contributed by atoms with Crippen molar-refractivity contribution in [2.75, 3.05) is 11.5 Å². The Morgan fingerprint density at radius 2 is 2.07 bits per heavy atom. The molecule has 6 heteroatoms. The molecule has 0 aromatic heterocycles. The van der Waals surface area contributed by atoms with Crippen LogP contribution in [-0.2, 0) is 11.2 Å². The Bertz CT molecular complexity index is 984. The van der Waals surface area contributed by atoms with Gasteiger partial charge < -0.3 is 4.74 Å². The Morgan fingerprint density at radius 1 is 1.25 bits per heavy atom. The molecule has 144 valence electrons. The first-order chi connectivity index (χ1) is 13.5. The molecule has 2 aliphatic rings. The number of aryl methyl sites for hydroxylation is 1. The highest BCUT2D eigenvalue weighted by molar-refractivity contribution is 8.19. The molecule has 28 heavy (non-hydrogen) atoms. The second-order valence-corrected chi connectivity index (χ2v) is 8.44. The van der Waals surface area contributed by atoms with E-state index in [1.165, 1.54) is 17.3 Å². The van der Waals surface area contributed by atoms with E-state index in [4.69, 9.17) is 16.3 Å². The average Bonchev–Trinajstić information content (AvgIpc) is 2.96. The van der Waals surface area contributed by atoms with Crippen LogP contribution < -0.4 is 9.64 Å². The minimum atomic E-state index is -0.105. The fourth-order valence-electron chi connectivity index (χ4n) is 3.25. The summed E-state index contributed by atoms with van der Waals surface area (Å²) in [4.78, 5) is 20.1. The zero-order chi connectivity index (χ0) is 19.7. The van der Waals surface area contributed by atoms with Gasteiger partial charge in [0.1, 0.15) is 5.75 Å². The van der Waals surface area contributed by atoms with Crippen LogP contribution in [0.3, 0.4) is 0 Å². The summed E-state index contributed by atoms with van der Waals surface area (Å²) in [6, 6.07) is 13.5. The zero-order valence-corrected chi connectivity index (χ0v) is 17.4. The van der Waals surface area contributed by atoms with Gasteiger partial charge in [-0.25, -0.2) is 0 Å². The second-order valence-electron chi connectivity index (χ2n) is 7.03. The fourth-order valence-corrected chi connectivity index (χ4v) is 4.57. The largest absolute Gasteiger partial charge is 0.493 e. The number of anilines is 1. The maximum atomic E-state index is 13.2. The predicted octanol–water partition coefficient (Wildman–Crippen LogP) is 5.55. The number of hydrogen-bond donors (Lipinski definition) is 0. The van der Waals surface area contributed by atoms with Gasteiger partial charge in [-0.2, -0.15) is 0 Å². The third kappa shape index (κ3) is 3.82. The van der Waals surface area contributed by atoms with Gasteiger partial charge in [0.25, 0.3) is 5.91 Å². The fraction of sp³-hybridized carbons (Fsp3) is 0.273. The van der Waals surface area contributed by atoms with Crippen LogP contribution in [-0.4, -0.2) is 23.7 Å². The summed E-state index contributed by atoms with van der Waals surface area (Å²) >= 11 is 7.76. The molecule has 0 spiro atoms. The second kappa shape index (κ2) is 8.02. The highest BCUT2D eigenvalue weighted by atomic mass is 35.5. The minimum absolute atomic E-state index is 0.0699. The van der Waals surface area contributed by atoms with Crippen molar-refractivity contribution in [2.45, 2.75) is 32.7 Å². The molecular formula is C22H21ClN2O2S. The van der Waals surface area contributed by atoms with Crippen LogP contribution in [0.2, 0.25) is 5.02 Å². The van der Waals surface area contributed by atoms with E-state index >= 15 is 0 Å². The number of para-hydroxylation sites is 1.